The van der Waals surface area contributed by atoms with Gasteiger partial charge in [0, 0.05) is 19.5 Å². The average molecular weight is 430 g/mol. The number of ether oxygens (including phenoxy) is 1. The van der Waals surface area contributed by atoms with E-state index in [0.717, 1.165) is 49.3 Å². The van der Waals surface area contributed by atoms with Gasteiger partial charge in [0.25, 0.3) is 11.5 Å². The standard InChI is InChI=1S/C22H27N3O4S/c1-13-17-20(24-16-9-6-12-25(16)21(17)27)30-18(13)22(28)29-14(2)19(26)23-11-10-15-7-4-3-5-8-15/h7,14H,3-6,8-12H2,1-2H3,(H,23,26)/t14-/m1/s1. The Morgan fingerprint density at radius 2 is 2.13 bits per heavy atom. The van der Waals surface area contributed by atoms with Crippen LogP contribution >= 0.6 is 11.3 Å². The summed E-state index contributed by atoms with van der Waals surface area (Å²) in [7, 11) is 0. The average Bonchev–Trinajstić information content (AvgIpc) is 3.33. The van der Waals surface area contributed by atoms with Crippen LogP contribution in [0.25, 0.3) is 10.2 Å². The van der Waals surface area contributed by atoms with Crippen molar-refractivity contribution in [1.29, 1.82) is 0 Å². The van der Waals surface area contributed by atoms with Crippen molar-refractivity contribution in [2.75, 3.05) is 6.54 Å². The minimum Gasteiger partial charge on any atom is -0.448 e. The van der Waals surface area contributed by atoms with Crippen LogP contribution in [0, 0.1) is 6.92 Å². The molecule has 8 heteroatoms. The Morgan fingerprint density at radius 1 is 1.30 bits per heavy atom. The molecule has 1 N–H and O–H groups in total. The number of allylic oxidation sites excluding steroid dienone is 1. The predicted octanol–water partition coefficient (Wildman–Crippen LogP) is 3.26. The minimum absolute atomic E-state index is 0.0943. The third-order valence-corrected chi connectivity index (χ3v) is 7.05. The minimum atomic E-state index is -0.901. The fourth-order valence-corrected chi connectivity index (χ4v) is 5.23. The molecular weight excluding hydrogens is 402 g/mol. The van der Waals surface area contributed by atoms with E-state index in [1.807, 2.05) is 0 Å². The van der Waals surface area contributed by atoms with Crippen molar-refractivity contribution in [1.82, 2.24) is 14.9 Å². The molecule has 0 saturated heterocycles. The van der Waals surface area contributed by atoms with Crippen molar-refractivity contribution >= 4 is 33.4 Å². The van der Waals surface area contributed by atoms with E-state index < -0.39 is 12.1 Å². The van der Waals surface area contributed by atoms with Crippen LogP contribution in [0.4, 0.5) is 0 Å². The largest absolute Gasteiger partial charge is 0.448 e. The van der Waals surface area contributed by atoms with Gasteiger partial charge in [-0.2, -0.15) is 0 Å². The molecule has 1 aliphatic carbocycles. The molecule has 30 heavy (non-hydrogen) atoms. The molecule has 1 atom stereocenters. The molecule has 0 radical (unpaired) electrons. The summed E-state index contributed by atoms with van der Waals surface area (Å²) < 4.78 is 7.09. The zero-order valence-corrected chi connectivity index (χ0v) is 18.3. The van der Waals surface area contributed by atoms with Crippen molar-refractivity contribution in [2.24, 2.45) is 0 Å². The molecule has 160 valence electrons. The normalized spacial score (nSPS) is 16.8. The topological polar surface area (TPSA) is 90.3 Å². The molecule has 1 amide bonds. The van der Waals surface area contributed by atoms with Crippen LogP contribution in [0.5, 0.6) is 0 Å². The SMILES string of the molecule is Cc1c(C(=O)O[C@H](C)C(=O)NCCC2=CCCCC2)sc2nc3n(c(=O)c12)CCC3. The van der Waals surface area contributed by atoms with Gasteiger partial charge in [-0.1, -0.05) is 11.6 Å². The molecule has 0 spiro atoms. The van der Waals surface area contributed by atoms with Gasteiger partial charge in [-0.3, -0.25) is 14.2 Å². The lowest BCUT2D eigenvalue weighted by Crippen LogP contribution is -2.36. The third-order valence-electron chi connectivity index (χ3n) is 5.88. The number of amides is 1. The lowest BCUT2D eigenvalue weighted by molar-refractivity contribution is -0.129. The number of thiophene rings is 1. The van der Waals surface area contributed by atoms with Crippen molar-refractivity contribution in [3.05, 3.63) is 38.3 Å². The number of nitrogens with one attached hydrogen (secondary N) is 1. The highest BCUT2D eigenvalue weighted by Gasteiger charge is 2.26. The molecule has 0 bridgehead atoms. The van der Waals surface area contributed by atoms with E-state index in [2.05, 4.69) is 16.4 Å². The second-order valence-corrected chi connectivity index (χ2v) is 9.02. The van der Waals surface area contributed by atoms with Crippen LogP contribution in [0.2, 0.25) is 0 Å². The summed E-state index contributed by atoms with van der Waals surface area (Å²) in [6.45, 7) is 4.52. The lowest BCUT2D eigenvalue weighted by Gasteiger charge is -2.15. The van der Waals surface area contributed by atoms with Gasteiger partial charge in [-0.05, 0) is 57.9 Å². The molecule has 2 aromatic rings. The smallest absolute Gasteiger partial charge is 0.349 e. The van der Waals surface area contributed by atoms with Crippen LogP contribution < -0.4 is 10.9 Å². The molecule has 0 unspecified atom stereocenters. The molecule has 3 heterocycles. The molecule has 2 aromatic heterocycles. The number of hydrogen-bond acceptors (Lipinski definition) is 6. The number of rotatable bonds is 6. The van der Waals surface area contributed by atoms with Crippen LogP contribution in [-0.4, -0.2) is 34.1 Å². The van der Waals surface area contributed by atoms with Crippen molar-refractivity contribution in [2.45, 2.75) is 71.4 Å². The van der Waals surface area contributed by atoms with Gasteiger partial charge in [0.2, 0.25) is 0 Å². The monoisotopic (exact) mass is 429 g/mol. The molecule has 0 aromatic carbocycles. The van der Waals surface area contributed by atoms with Crippen molar-refractivity contribution < 1.29 is 14.3 Å². The van der Waals surface area contributed by atoms with Crippen LogP contribution in [0.3, 0.4) is 0 Å². The molecule has 0 saturated carbocycles. The number of carbonyl (C=O) groups excluding carboxylic acids is 2. The first-order valence-electron chi connectivity index (χ1n) is 10.6. The summed E-state index contributed by atoms with van der Waals surface area (Å²) in [5, 5.41) is 3.33. The molecule has 2 aliphatic rings. The number of esters is 1. The Kier molecular flexibility index (Phi) is 6.04. The van der Waals surface area contributed by atoms with E-state index in [9.17, 15) is 14.4 Å². The summed E-state index contributed by atoms with van der Waals surface area (Å²) >= 11 is 1.16. The summed E-state index contributed by atoms with van der Waals surface area (Å²) in [5.74, 6) is -0.122. The maximum Gasteiger partial charge on any atom is 0.349 e. The number of aromatic nitrogens is 2. The van der Waals surface area contributed by atoms with E-state index in [0.29, 0.717) is 33.7 Å². The number of aryl methyl sites for hydroxylation is 2. The first-order chi connectivity index (χ1) is 14.5. The summed E-state index contributed by atoms with van der Waals surface area (Å²) in [4.78, 5) is 43.3. The van der Waals surface area contributed by atoms with E-state index in [-0.39, 0.29) is 11.5 Å². The second-order valence-electron chi connectivity index (χ2n) is 8.02. The fourth-order valence-electron chi connectivity index (χ4n) is 4.16. The Labute approximate surface area is 179 Å². The highest BCUT2D eigenvalue weighted by Crippen LogP contribution is 2.29. The van der Waals surface area contributed by atoms with Crippen LogP contribution in [0.1, 0.15) is 66.5 Å². The number of carbonyl (C=O) groups is 2. The van der Waals surface area contributed by atoms with E-state index in [4.69, 9.17) is 4.74 Å². The third kappa shape index (κ3) is 4.05. The van der Waals surface area contributed by atoms with Gasteiger partial charge < -0.3 is 10.1 Å². The first kappa shape index (κ1) is 20.8. The zero-order valence-electron chi connectivity index (χ0n) is 17.5. The fraction of sp³-hybridized carbons (Fsp3) is 0.545. The number of fused-ring (bicyclic) bond motifs is 2. The summed E-state index contributed by atoms with van der Waals surface area (Å²) in [5.41, 5.74) is 1.87. The molecule has 7 nitrogen and oxygen atoms in total. The Morgan fingerprint density at radius 3 is 2.90 bits per heavy atom. The first-order valence-corrected chi connectivity index (χ1v) is 11.5. The van der Waals surface area contributed by atoms with Crippen LogP contribution in [0.15, 0.2) is 16.4 Å². The van der Waals surface area contributed by atoms with Crippen molar-refractivity contribution in [3.63, 3.8) is 0 Å². The number of nitrogens with zero attached hydrogens (tertiary/aromatic N) is 2. The Bertz CT molecular complexity index is 1080. The Balaban J connectivity index is 1.40. The molecule has 0 fully saturated rings. The zero-order chi connectivity index (χ0) is 21.3. The van der Waals surface area contributed by atoms with Crippen LogP contribution in [-0.2, 0) is 22.5 Å². The second kappa shape index (κ2) is 8.71. The Hall–Kier alpha value is -2.48. The maximum atomic E-state index is 12.8. The van der Waals surface area contributed by atoms with Gasteiger partial charge in [0.05, 0.1) is 5.39 Å². The lowest BCUT2D eigenvalue weighted by atomic mass is 9.97. The maximum absolute atomic E-state index is 12.8. The summed E-state index contributed by atoms with van der Waals surface area (Å²) in [6, 6.07) is 0. The highest BCUT2D eigenvalue weighted by atomic mass is 32.1. The van der Waals surface area contributed by atoms with E-state index in [1.165, 1.54) is 18.4 Å². The highest BCUT2D eigenvalue weighted by molar-refractivity contribution is 7.20. The summed E-state index contributed by atoms with van der Waals surface area (Å²) in [6.07, 6.45) is 8.55. The van der Waals surface area contributed by atoms with Gasteiger partial charge in [-0.25, -0.2) is 9.78 Å². The quantitative estimate of drug-likeness (QED) is 0.562. The van der Waals surface area contributed by atoms with Crippen molar-refractivity contribution in [3.8, 4) is 0 Å². The van der Waals surface area contributed by atoms with Gasteiger partial charge in [-0.15, -0.1) is 11.3 Å². The van der Waals surface area contributed by atoms with Gasteiger partial charge in [0.15, 0.2) is 6.10 Å². The molecular formula is C22H27N3O4S. The van der Waals surface area contributed by atoms with Gasteiger partial charge in [0.1, 0.15) is 15.5 Å². The molecule has 4 rings (SSSR count). The van der Waals surface area contributed by atoms with Gasteiger partial charge >= 0.3 is 5.97 Å². The van der Waals surface area contributed by atoms with E-state index >= 15 is 0 Å². The number of hydrogen-bond donors (Lipinski definition) is 1. The predicted molar refractivity (Wildman–Crippen MR) is 116 cm³/mol. The van der Waals surface area contributed by atoms with E-state index in [1.54, 1.807) is 18.4 Å². The molecule has 1 aliphatic heterocycles.